The lowest BCUT2D eigenvalue weighted by Gasteiger charge is -2.03. The van der Waals surface area contributed by atoms with Gasteiger partial charge in [-0.1, -0.05) is 17.7 Å². The molecule has 0 amide bonds. The Morgan fingerprint density at radius 3 is 2.85 bits per heavy atom. The minimum absolute atomic E-state index is 0.530. The van der Waals surface area contributed by atoms with Crippen molar-refractivity contribution in [2.45, 2.75) is 20.4 Å². The van der Waals surface area contributed by atoms with E-state index in [-0.39, 0.29) is 0 Å². The predicted molar refractivity (Wildman–Crippen MR) is 79.0 cm³/mol. The first kappa shape index (κ1) is 12.9. The largest absolute Gasteiger partial charge is 0.378 e. The van der Waals surface area contributed by atoms with Gasteiger partial charge in [0.15, 0.2) is 5.82 Å². The van der Waals surface area contributed by atoms with Crippen LogP contribution in [0.2, 0.25) is 5.02 Å². The Hall–Kier alpha value is -2.14. The van der Waals surface area contributed by atoms with Crippen molar-refractivity contribution in [3.05, 3.63) is 52.6 Å². The Labute approximate surface area is 121 Å². The molecule has 1 N–H and O–H groups in total. The topological polar surface area (TPSA) is 55.1 Å². The van der Waals surface area contributed by atoms with E-state index in [9.17, 15) is 0 Å². The minimum atomic E-state index is 0.530. The number of hydrogen-bond donors (Lipinski definition) is 1. The quantitative estimate of drug-likeness (QED) is 0.804. The predicted octanol–water partition coefficient (Wildman–Crippen LogP) is 3.01. The molecule has 0 radical (unpaired) electrons. The molecule has 0 saturated heterocycles. The third-order valence-electron chi connectivity index (χ3n) is 2.94. The van der Waals surface area contributed by atoms with Crippen molar-refractivity contribution in [1.82, 2.24) is 19.6 Å². The Kier molecular flexibility index (Phi) is 3.28. The lowest BCUT2D eigenvalue weighted by Crippen LogP contribution is -2.02. The lowest BCUT2D eigenvalue weighted by molar-refractivity contribution is 0.850. The molecule has 1 aromatic carbocycles. The number of halogens is 1. The van der Waals surface area contributed by atoms with E-state index < -0.39 is 0 Å². The molecule has 2 heterocycles. The molecule has 102 valence electrons. The number of aryl methyl sites for hydroxylation is 2. The molecule has 2 aromatic heterocycles. The molecule has 0 aliphatic heterocycles. The first-order chi connectivity index (χ1) is 9.61. The molecule has 20 heavy (non-hydrogen) atoms. The average Bonchev–Trinajstić information content (AvgIpc) is 2.80. The maximum absolute atomic E-state index is 5.94. The van der Waals surface area contributed by atoms with Crippen LogP contribution in [0.5, 0.6) is 0 Å². The number of benzene rings is 1. The van der Waals surface area contributed by atoms with Crippen molar-refractivity contribution >= 4 is 23.1 Å². The molecule has 0 unspecified atom stereocenters. The Bertz CT molecular complexity index is 765. The second-order valence-electron chi connectivity index (χ2n) is 4.64. The van der Waals surface area contributed by atoms with Gasteiger partial charge in [-0.2, -0.15) is 4.98 Å². The van der Waals surface area contributed by atoms with Gasteiger partial charge < -0.3 is 5.32 Å². The summed E-state index contributed by atoms with van der Waals surface area (Å²) in [7, 11) is 0. The van der Waals surface area contributed by atoms with Gasteiger partial charge in [-0.15, -0.1) is 5.10 Å². The molecule has 3 rings (SSSR count). The van der Waals surface area contributed by atoms with Crippen LogP contribution in [0.25, 0.3) is 5.78 Å². The van der Waals surface area contributed by atoms with Crippen LogP contribution < -0.4 is 5.32 Å². The van der Waals surface area contributed by atoms with Crippen molar-refractivity contribution in [2.24, 2.45) is 0 Å². The molecular formula is C14H14ClN5. The van der Waals surface area contributed by atoms with Gasteiger partial charge in [0, 0.05) is 22.1 Å². The van der Waals surface area contributed by atoms with Gasteiger partial charge in [-0.3, -0.25) is 0 Å². The van der Waals surface area contributed by atoms with Gasteiger partial charge in [0.1, 0.15) is 0 Å². The van der Waals surface area contributed by atoms with Gasteiger partial charge >= 0.3 is 0 Å². The normalized spacial score (nSPS) is 10.9. The molecule has 0 spiro atoms. The summed E-state index contributed by atoms with van der Waals surface area (Å²) in [6.45, 7) is 4.47. The highest BCUT2D eigenvalue weighted by Gasteiger charge is 2.07. The van der Waals surface area contributed by atoms with Crippen molar-refractivity contribution in [1.29, 1.82) is 0 Å². The van der Waals surface area contributed by atoms with Crippen molar-refractivity contribution in [3.8, 4) is 0 Å². The van der Waals surface area contributed by atoms with Crippen LogP contribution in [0.3, 0.4) is 0 Å². The first-order valence-corrected chi connectivity index (χ1v) is 6.69. The highest BCUT2D eigenvalue weighted by molar-refractivity contribution is 6.30. The van der Waals surface area contributed by atoms with E-state index in [1.165, 1.54) is 0 Å². The van der Waals surface area contributed by atoms with Crippen LogP contribution >= 0.6 is 11.6 Å². The van der Waals surface area contributed by atoms with Crippen molar-refractivity contribution in [3.63, 3.8) is 0 Å². The standard InChI is InChI=1S/C14H14ClN5/c1-9-6-10(2)20-14(17-9)18-13(19-20)8-16-12-5-3-4-11(15)7-12/h3-7,16H,8H2,1-2H3. The smallest absolute Gasteiger partial charge is 0.252 e. The summed E-state index contributed by atoms with van der Waals surface area (Å²) in [6, 6.07) is 9.54. The van der Waals surface area contributed by atoms with Crippen LogP contribution in [0, 0.1) is 13.8 Å². The van der Waals surface area contributed by atoms with Gasteiger partial charge in [0.25, 0.3) is 5.78 Å². The summed E-state index contributed by atoms with van der Waals surface area (Å²) in [5, 5.41) is 8.38. The fraction of sp³-hybridized carbons (Fsp3) is 0.214. The summed E-state index contributed by atoms with van der Waals surface area (Å²) >= 11 is 5.94. The zero-order chi connectivity index (χ0) is 14.1. The van der Waals surface area contributed by atoms with Gasteiger partial charge in [0.05, 0.1) is 6.54 Å². The minimum Gasteiger partial charge on any atom is -0.378 e. The molecule has 5 nitrogen and oxygen atoms in total. The molecule has 0 aliphatic rings. The van der Waals surface area contributed by atoms with Crippen LogP contribution in [0.1, 0.15) is 17.2 Å². The molecule has 0 saturated carbocycles. The van der Waals surface area contributed by atoms with Crippen LogP contribution in [-0.2, 0) is 6.54 Å². The maximum atomic E-state index is 5.94. The molecular weight excluding hydrogens is 274 g/mol. The second-order valence-corrected chi connectivity index (χ2v) is 5.08. The van der Waals surface area contributed by atoms with Gasteiger partial charge in [-0.25, -0.2) is 9.50 Å². The molecule has 3 aromatic rings. The van der Waals surface area contributed by atoms with E-state index in [1.807, 2.05) is 44.2 Å². The summed E-state index contributed by atoms with van der Waals surface area (Å²) in [5.74, 6) is 1.33. The first-order valence-electron chi connectivity index (χ1n) is 6.31. The Balaban J connectivity index is 1.83. The van der Waals surface area contributed by atoms with Gasteiger partial charge in [-0.05, 0) is 38.1 Å². The molecule has 0 aliphatic carbocycles. The van der Waals surface area contributed by atoms with E-state index in [0.717, 1.165) is 17.1 Å². The average molecular weight is 288 g/mol. The number of aromatic nitrogens is 4. The molecule has 0 fully saturated rings. The second kappa shape index (κ2) is 5.09. The zero-order valence-electron chi connectivity index (χ0n) is 11.3. The van der Waals surface area contributed by atoms with Crippen LogP contribution in [-0.4, -0.2) is 19.6 Å². The number of hydrogen-bond acceptors (Lipinski definition) is 4. The van der Waals surface area contributed by atoms with E-state index in [2.05, 4.69) is 20.4 Å². The zero-order valence-corrected chi connectivity index (χ0v) is 12.0. The van der Waals surface area contributed by atoms with Crippen molar-refractivity contribution in [2.75, 3.05) is 5.32 Å². The van der Waals surface area contributed by atoms with Crippen LogP contribution in [0.4, 0.5) is 5.69 Å². The highest BCUT2D eigenvalue weighted by Crippen LogP contribution is 2.15. The number of anilines is 1. The van der Waals surface area contributed by atoms with Crippen LogP contribution in [0.15, 0.2) is 30.3 Å². The third-order valence-corrected chi connectivity index (χ3v) is 3.17. The highest BCUT2D eigenvalue weighted by atomic mass is 35.5. The third kappa shape index (κ3) is 2.58. The van der Waals surface area contributed by atoms with E-state index in [1.54, 1.807) is 4.52 Å². The van der Waals surface area contributed by atoms with Gasteiger partial charge in [0.2, 0.25) is 0 Å². The van der Waals surface area contributed by atoms with E-state index >= 15 is 0 Å². The lowest BCUT2D eigenvalue weighted by atomic mass is 10.3. The summed E-state index contributed by atoms with van der Waals surface area (Å²) < 4.78 is 1.75. The van der Waals surface area contributed by atoms with Crippen molar-refractivity contribution < 1.29 is 0 Å². The maximum Gasteiger partial charge on any atom is 0.252 e. The number of nitrogens with zero attached hydrogens (tertiary/aromatic N) is 4. The monoisotopic (exact) mass is 287 g/mol. The van der Waals surface area contributed by atoms with E-state index in [4.69, 9.17) is 11.6 Å². The molecule has 0 bridgehead atoms. The number of nitrogens with one attached hydrogen (secondary N) is 1. The Morgan fingerprint density at radius 1 is 1.20 bits per heavy atom. The summed E-state index contributed by atoms with van der Waals surface area (Å²) in [6.07, 6.45) is 0. The Morgan fingerprint density at radius 2 is 2.05 bits per heavy atom. The van der Waals surface area contributed by atoms with E-state index in [0.29, 0.717) is 23.2 Å². The number of rotatable bonds is 3. The summed E-state index contributed by atoms with van der Waals surface area (Å²) in [4.78, 5) is 8.78. The molecule has 6 heteroatoms. The fourth-order valence-corrected chi connectivity index (χ4v) is 2.25. The molecule has 0 atom stereocenters. The fourth-order valence-electron chi connectivity index (χ4n) is 2.06. The SMILES string of the molecule is Cc1cc(C)n2nc(CNc3cccc(Cl)c3)nc2n1. The number of fused-ring (bicyclic) bond motifs is 1. The summed E-state index contributed by atoms with van der Waals surface area (Å²) in [5.41, 5.74) is 2.91.